The summed E-state index contributed by atoms with van der Waals surface area (Å²) < 4.78 is 37.9. The fourth-order valence-electron chi connectivity index (χ4n) is 5.86. The molecule has 8 rings (SSSR count). The summed E-state index contributed by atoms with van der Waals surface area (Å²) in [5.41, 5.74) is 4.23. The van der Waals surface area contributed by atoms with Gasteiger partial charge in [-0.3, -0.25) is 19.2 Å². The Kier molecular flexibility index (Phi) is 10.7. The van der Waals surface area contributed by atoms with E-state index in [0.717, 1.165) is 35.1 Å². The molecule has 4 amide bonds. The normalized spacial score (nSPS) is 12.6. The fraction of sp³-hybridized carbons (Fsp3) is 0.0769. The van der Waals surface area contributed by atoms with Crippen LogP contribution in [0.4, 0.5) is 47.6 Å². The molecule has 4 aromatic heterocycles. The third kappa shape index (κ3) is 8.63. The molecule has 6 N–H and O–H groups in total. The molecule has 0 radical (unpaired) electrons. The van der Waals surface area contributed by atoms with Gasteiger partial charge in [0.25, 0.3) is 23.6 Å². The van der Waals surface area contributed by atoms with E-state index < -0.39 is 17.8 Å². The van der Waals surface area contributed by atoms with Crippen LogP contribution in [-0.4, -0.2) is 43.6 Å². The lowest BCUT2D eigenvalue weighted by Gasteiger charge is -2.13. The minimum absolute atomic E-state index is 0.108. The highest BCUT2D eigenvalue weighted by atomic mass is 35.5. The first-order valence-electron chi connectivity index (χ1n) is 17.0. The maximum atomic E-state index is 12.7. The number of rotatable bonds is 8. The number of anilines is 6. The van der Waals surface area contributed by atoms with Crippen LogP contribution >= 0.6 is 11.6 Å². The average molecular weight is 793 g/mol. The van der Waals surface area contributed by atoms with Crippen molar-refractivity contribution in [1.29, 1.82) is 0 Å². The van der Waals surface area contributed by atoms with Gasteiger partial charge in [-0.05, 0) is 72.8 Å². The van der Waals surface area contributed by atoms with E-state index in [1.54, 1.807) is 66.9 Å². The number of hydrogen-bond acceptors (Lipinski definition) is 10. The number of nitrogens with one attached hydrogen (secondary N) is 6. The molecule has 2 aromatic carbocycles. The van der Waals surface area contributed by atoms with Crippen LogP contribution in [-0.2, 0) is 19.3 Å². The minimum Gasteiger partial charge on any atom is -0.348 e. The molecule has 0 saturated carbocycles. The standard InChI is InChI=1S/C20H14F3N5O2.C19H14ClN5O2/c21-20(22,23)16-7-6-11(9-25-16)27-19(30)13-4-2-8-24-17(13)28-15-5-1-3-12-14(15)10-26-18(12)29;20-16-7-6-11(9-22-16)24-19(27)13-4-2-8-21-17(13)25-15-5-1-3-12-14(15)10-23-18(12)26/h1-9H,10H2,(H,24,28)(H,26,29)(H,27,30);1-9H,10H2,(H,21,25)(H,23,26)(H,24,27). The number of hydrogen-bond donors (Lipinski definition) is 6. The number of carbonyl (C=O) groups is 4. The van der Waals surface area contributed by atoms with Crippen LogP contribution in [0, 0.1) is 0 Å². The number of fused-ring (bicyclic) bond motifs is 2. The number of alkyl halides is 3. The van der Waals surface area contributed by atoms with Crippen molar-refractivity contribution in [3.8, 4) is 0 Å². The molecular formula is C39H28ClF3N10O4. The van der Waals surface area contributed by atoms with E-state index in [1.807, 2.05) is 6.07 Å². The number of amides is 4. The lowest BCUT2D eigenvalue weighted by molar-refractivity contribution is -0.141. The summed E-state index contributed by atoms with van der Waals surface area (Å²) in [5, 5.41) is 17.4. The zero-order chi connectivity index (χ0) is 40.1. The first-order chi connectivity index (χ1) is 27.4. The number of aromatic nitrogens is 4. The summed E-state index contributed by atoms with van der Waals surface area (Å²) in [7, 11) is 0. The van der Waals surface area contributed by atoms with Crippen molar-refractivity contribution >= 4 is 69.6 Å². The summed E-state index contributed by atoms with van der Waals surface area (Å²) in [6, 6.07) is 22.2. The van der Waals surface area contributed by atoms with E-state index in [4.69, 9.17) is 11.6 Å². The minimum atomic E-state index is -4.56. The molecule has 6 aromatic rings. The first kappa shape index (κ1) is 37.9. The molecule has 0 bridgehead atoms. The van der Waals surface area contributed by atoms with Gasteiger partial charge in [0.15, 0.2) is 0 Å². The molecule has 2 aliphatic heterocycles. The Hall–Kier alpha value is -7.40. The average Bonchev–Trinajstić information content (AvgIpc) is 3.79. The molecule has 286 valence electrons. The summed E-state index contributed by atoms with van der Waals surface area (Å²) >= 11 is 5.76. The van der Waals surface area contributed by atoms with E-state index in [9.17, 15) is 32.3 Å². The van der Waals surface area contributed by atoms with Crippen molar-refractivity contribution < 1.29 is 32.3 Å². The molecule has 57 heavy (non-hydrogen) atoms. The zero-order valence-electron chi connectivity index (χ0n) is 29.2. The maximum absolute atomic E-state index is 12.7. The van der Waals surface area contributed by atoms with Gasteiger partial charge < -0.3 is 31.9 Å². The molecule has 2 aliphatic rings. The largest absolute Gasteiger partial charge is 0.433 e. The van der Waals surface area contributed by atoms with Crippen molar-refractivity contribution in [2.75, 3.05) is 21.3 Å². The fourth-order valence-corrected chi connectivity index (χ4v) is 5.97. The molecule has 6 heterocycles. The molecule has 14 nitrogen and oxygen atoms in total. The van der Waals surface area contributed by atoms with E-state index in [0.29, 0.717) is 52.1 Å². The lowest BCUT2D eigenvalue weighted by Crippen LogP contribution is -2.16. The Bertz CT molecular complexity index is 2520. The number of nitrogens with zero attached hydrogens (tertiary/aromatic N) is 4. The van der Waals surface area contributed by atoms with Gasteiger partial charge in [-0.2, -0.15) is 13.2 Å². The molecule has 0 atom stereocenters. The summed E-state index contributed by atoms with van der Waals surface area (Å²) in [4.78, 5) is 64.8. The Balaban J connectivity index is 0.000000175. The predicted octanol–water partition coefficient (Wildman–Crippen LogP) is 7.10. The Morgan fingerprint density at radius 2 is 1.11 bits per heavy atom. The monoisotopic (exact) mass is 792 g/mol. The van der Waals surface area contributed by atoms with Crippen molar-refractivity contribution in [2.24, 2.45) is 0 Å². The molecule has 0 unspecified atom stereocenters. The third-order valence-corrected chi connectivity index (χ3v) is 8.82. The molecule has 0 saturated heterocycles. The van der Waals surface area contributed by atoms with Gasteiger partial charge in [-0.15, -0.1) is 0 Å². The number of carbonyl (C=O) groups excluding carboxylic acids is 4. The molecule has 18 heteroatoms. The lowest BCUT2D eigenvalue weighted by atomic mass is 10.1. The SMILES string of the molecule is O=C(Nc1ccc(C(F)(F)F)nc1)c1cccnc1Nc1cccc2c1CNC2=O.O=C(Nc1ccc(Cl)nc1)c1cccnc1Nc1cccc2c1CNC2=O. The smallest absolute Gasteiger partial charge is 0.348 e. The molecular weight excluding hydrogens is 765 g/mol. The van der Waals surface area contributed by atoms with Crippen LogP contribution in [0.5, 0.6) is 0 Å². The maximum Gasteiger partial charge on any atom is 0.433 e. The van der Waals surface area contributed by atoms with E-state index in [1.165, 1.54) is 18.5 Å². The summed E-state index contributed by atoms with van der Waals surface area (Å²) in [5.74, 6) is -0.567. The van der Waals surface area contributed by atoms with Crippen LogP contribution in [0.2, 0.25) is 5.15 Å². The summed E-state index contributed by atoms with van der Waals surface area (Å²) in [6.45, 7) is 0.783. The van der Waals surface area contributed by atoms with Crippen LogP contribution in [0.3, 0.4) is 0 Å². The van der Waals surface area contributed by atoms with Gasteiger partial charge in [0.2, 0.25) is 0 Å². The van der Waals surface area contributed by atoms with E-state index >= 15 is 0 Å². The van der Waals surface area contributed by atoms with Gasteiger partial charge in [0.05, 0.1) is 34.9 Å². The summed E-state index contributed by atoms with van der Waals surface area (Å²) in [6.07, 6.45) is 0.937. The second-order valence-electron chi connectivity index (χ2n) is 12.3. The van der Waals surface area contributed by atoms with Crippen molar-refractivity contribution in [1.82, 2.24) is 30.6 Å². The van der Waals surface area contributed by atoms with Gasteiger partial charge in [-0.25, -0.2) is 19.9 Å². The highest BCUT2D eigenvalue weighted by Crippen LogP contribution is 2.31. The Labute approximate surface area is 326 Å². The molecule has 0 aliphatic carbocycles. The number of halogens is 4. The van der Waals surface area contributed by atoms with Crippen LogP contribution in [0.25, 0.3) is 0 Å². The second kappa shape index (κ2) is 16.1. The van der Waals surface area contributed by atoms with Gasteiger partial charge in [-0.1, -0.05) is 23.7 Å². The van der Waals surface area contributed by atoms with E-state index in [-0.39, 0.29) is 34.8 Å². The third-order valence-electron chi connectivity index (χ3n) is 8.60. The Morgan fingerprint density at radius 3 is 1.54 bits per heavy atom. The van der Waals surface area contributed by atoms with E-state index in [2.05, 4.69) is 51.8 Å². The second-order valence-corrected chi connectivity index (χ2v) is 12.7. The van der Waals surface area contributed by atoms with Crippen molar-refractivity contribution in [3.05, 3.63) is 154 Å². The number of pyridine rings is 4. The van der Waals surface area contributed by atoms with Crippen LogP contribution < -0.4 is 31.9 Å². The predicted molar refractivity (Wildman–Crippen MR) is 205 cm³/mol. The van der Waals surface area contributed by atoms with Gasteiger partial charge in [0.1, 0.15) is 22.5 Å². The van der Waals surface area contributed by atoms with Crippen molar-refractivity contribution in [2.45, 2.75) is 19.3 Å². The van der Waals surface area contributed by atoms with Crippen LogP contribution in [0.15, 0.2) is 110 Å². The van der Waals surface area contributed by atoms with Gasteiger partial charge >= 0.3 is 6.18 Å². The highest BCUT2D eigenvalue weighted by Gasteiger charge is 2.32. The quantitative estimate of drug-likeness (QED) is 0.0867. The van der Waals surface area contributed by atoms with Crippen LogP contribution in [0.1, 0.15) is 58.3 Å². The molecule has 0 spiro atoms. The number of benzene rings is 2. The Morgan fingerprint density at radius 1 is 0.614 bits per heavy atom. The highest BCUT2D eigenvalue weighted by molar-refractivity contribution is 6.29. The first-order valence-corrected chi connectivity index (χ1v) is 17.3. The zero-order valence-corrected chi connectivity index (χ0v) is 30.0. The molecule has 0 fully saturated rings. The van der Waals surface area contributed by atoms with Crippen molar-refractivity contribution in [3.63, 3.8) is 0 Å². The topological polar surface area (TPSA) is 192 Å². The van der Waals surface area contributed by atoms with Gasteiger partial charge in [0, 0.05) is 59.1 Å².